The Bertz CT molecular complexity index is 1000. The first-order valence-corrected chi connectivity index (χ1v) is 9.65. The highest BCUT2D eigenvalue weighted by Gasteiger charge is 2.06. The molecule has 0 saturated carbocycles. The smallest absolute Gasteiger partial charge is 0.122 e. The van der Waals surface area contributed by atoms with Crippen LogP contribution in [0.3, 0.4) is 0 Å². The molecule has 0 aliphatic carbocycles. The van der Waals surface area contributed by atoms with E-state index >= 15 is 0 Å². The molecule has 0 unspecified atom stereocenters. The van der Waals surface area contributed by atoms with Gasteiger partial charge in [0.2, 0.25) is 0 Å². The first kappa shape index (κ1) is 20.5. The van der Waals surface area contributed by atoms with Gasteiger partial charge in [0.1, 0.15) is 18.1 Å². The van der Waals surface area contributed by atoms with Crippen LogP contribution in [0.5, 0.6) is 5.75 Å². The van der Waals surface area contributed by atoms with Crippen LogP contribution in [0.25, 0.3) is 11.4 Å². The van der Waals surface area contributed by atoms with E-state index in [4.69, 9.17) is 14.6 Å². The maximum Gasteiger partial charge on any atom is 0.122 e. The van der Waals surface area contributed by atoms with Gasteiger partial charge in [0, 0.05) is 29.2 Å². The Kier molecular flexibility index (Phi) is 6.89. The number of aryl methyl sites for hydroxylation is 3. The standard InChI is InChI=1S/C23H26N4O2/c1-16-8-5-11-21(24-16)18(3)27-29-13-7-10-19-9-6-12-22(26-19)23-15-20(28-4)14-17(2)25-23/h5-6,8-9,11-12,14-15H,7,10,13H2,1-4H3/b27-18+. The summed E-state index contributed by atoms with van der Waals surface area (Å²) < 4.78 is 5.34. The van der Waals surface area contributed by atoms with Gasteiger partial charge in [-0.2, -0.15) is 0 Å². The lowest BCUT2D eigenvalue weighted by Crippen LogP contribution is -2.02. The van der Waals surface area contributed by atoms with Crippen LogP contribution >= 0.6 is 0 Å². The molecule has 0 fully saturated rings. The fourth-order valence-electron chi connectivity index (χ4n) is 2.90. The molecule has 3 aromatic rings. The highest BCUT2D eigenvalue weighted by molar-refractivity contribution is 5.96. The number of hydrogen-bond donors (Lipinski definition) is 0. The van der Waals surface area contributed by atoms with Crippen LogP contribution < -0.4 is 4.74 Å². The molecule has 0 amide bonds. The van der Waals surface area contributed by atoms with Crippen LogP contribution in [-0.4, -0.2) is 34.4 Å². The summed E-state index contributed by atoms with van der Waals surface area (Å²) in [6, 6.07) is 15.6. The number of oxime groups is 1. The minimum atomic E-state index is 0.519. The third kappa shape index (κ3) is 5.85. The Morgan fingerprint density at radius 1 is 0.931 bits per heavy atom. The van der Waals surface area contributed by atoms with Crippen molar-refractivity contribution in [3.63, 3.8) is 0 Å². The SMILES string of the molecule is COc1cc(C)nc(-c2cccc(CCCO/N=C(\C)c3cccc(C)n3)n2)c1. The summed E-state index contributed by atoms with van der Waals surface area (Å²) in [4.78, 5) is 19.2. The monoisotopic (exact) mass is 390 g/mol. The molecule has 0 atom stereocenters. The quantitative estimate of drug-likeness (QED) is 0.321. The summed E-state index contributed by atoms with van der Waals surface area (Å²) in [6.45, 7) is 6.32. The van der Waals surface area contributed by atoms with Crippen molar-refractivity contribution in [3.05, 3.63) is 71.3 Å². The molecule has 29 heavy (non-hydrogen) atoms. The van der Waals surface area contributed by atoms with Gasteiger partial charge in [-0.05, 0) is 57.9 Å². The zero-order valence-electron chi connectivity index (χ0n) is 17.3. The molecule has 6 heteroatoms. The summed E-state index contributed by atoms with van der Waals surface area (Å²) in [7, 11) is 1.65. The van der Waals surface area contributed by atoms with Gasteiger partial charge in [0.15, 0.2) is 0 Å². The van der Waals surface area contributed by atoms with E-state index in [1.807, 2.05) is 69.3 Å². The molecule has 0 aliphatic heterocycles. The largest absolute Gasteiger partial charge is 0.497 e. The lowest BCUT2D eigenvalue weighted by Gasteiger charge is -2.07. The molecule has 0 aromatic carbocycles. The number of hydrogen-bond acceptors (Lipinski definition) is 6. The molecule has 0 saturated heterocycles. The van der Waals surface area contributed by atoms with Crippen molar-refractivity contribution in [2.24, 2.45) is 5.16 Å². The maximum atomic E-state index is 5.46. The molecule has 3 rings (SSSR count). The number of aromatic nitrogens is 3. The number of rotatable bonds is 8. The lowest BCUT2D eigenvalue weighted by atomic mass is 10.1. The average Bonchev–Trinajstić information content (AvgIpc) is 2.73. The van der Waals surface area contributed by atoms with Crippen molar-refractivity contribution in [1.29, 1.82) is 0 Å². The Morgan fingerprint density at radius 3 is 2.55 bits per heavy atom. The highest BCUT2D eigenvalue weighted by Crippen LogP contribution is 2.22. The second kappa shape index (κ2) is 9.78. The fraction of sp³-hybridized carbons (Fsp3) is 0.304. The van der Waals surface area contributed by atoms with E-state index in [1.54, 1.807) is 7.11 Å². The van der Waals surface area contributed by atoms with Crippen molar-refractivity contribution in [2.45, 2.75) is 33.6 Å². The Labute approximate surface area is 171 Å². The van der Waals surface area contributed by atoms with Gasteiger partial charge < -0.3 is 9.57 Å². The number of methoxy groups -OCH3 is 1. The zero-order chi connectivity index (χ0) is 20.6. The molecular formula is C23H26N4O2. The van der Waals surface area contributed by atoms with Gasteiger partial charge >= 0.3 is 0 Å². The molecule has 0 radical (unpaired) electrons. The predicted octanol–water partition coefficient (Wildman–Crippen LogP) is 4.54. The van der Waals surface area contributed by atoms with Crippen LogP contribution in [0.4, 0.5) is 0 Å². The summed E-state index contributed by atoms with van der Waals surface area (Å²) >= 11 is 0. The van der Waals surface area contributed by atoms with E-state index in [2.05, 4.69) is 15.1 Å². The van der Waals surface area contributed by atoms with E-state index < -0.39 is 0 Å². The molecule has 0 N–H and O–H groups in total. The molecule has 150 valence electrons. The van der Waals surface area contributed by atoms with Crippen LogP contribution in [0.1, 0.15) is 36.1 Å². The van der Waals surface area contributed by atoms with Gasteiger partial charge in [0.05, 0.1) is 24.2 Å². The maximum absolute atomic E-state index is 5.46. The van der Waals surface area contributed by atoms with Crippen molar-refractivity contribution in [3.8, 4) is 17.1 Å². The fourth-order valence-corrected chi connectivity index (χ4v) is 2.90. The normalized spacial score (nSPS) is 11.4. The van der Waals surface area contributed by atoms with E-state index in [9.17, 15) is 0 Å². The number of ether oxygens (including phenoxy) is 1. The lowest BCUT2D eigenvalue weighted by molar-refractivity contribution is 0.141. The minimum absolute atomic E-state index is 0.519. The van der Waals surface area contributed by atoms with Gasteiger partial charge in [-0.3, -0.25) is 15.0 Å². The predicted molar refractivity (Wildman–Crippen MR) is 114 cm³/mol. The van der Waals surface area contributed by atoms with Gasteiger partial charge in [0.25, 0.3) is 0 Å². The second-order valence-electron chi connectivity index (χ2n) is 6.83. The van der Waals surface area contributed by atoms with Gasteiger partial charge in [-0.25, -0.2) is 0 Å². The van der Waals surface area contributed by atoms with Crippen LogP contribution in [0.2, 0.25) is 0 Å². The van der Waals surface area contributed by atoms with E-state index in [0.29, 0.717) is 6.61 Å². The van der Waals surface area contributed by atoms with Crippen LogP contribution in [-0.2, 0) is 11.3 Å². The van der Waals surface area contributed by atoms with Crippen LogP contribution in [0.15, 0.2) is 53.7 Å². The molecule has 0 aliphatic rings. The third-order valence-corrected chi connectivity index (χ3v) is 4.36. The Hall–Kier alpha value is -3.28. The van der Waals surface area contributed by atoms with E-state index in [0.717, 1.165) is 58.5 Å². The highest BCUT2D eigenvalue weighted by atomic mass is 16.6. The molecular weight excluding hydrogens is 364 g/mol. The molecule has 3 aromatic heterocycles. The van der Waals surface area contributed by atoms with Crippen molar-refractivity contribution < 1.29 is 9.57 Å². The molecule has 3 heterocycles. The van der Waals surface area contributed by atoms with E-state index in [-0.39, 0.29) is 0 Å². The van der Waals surface area contributed by atoms with Crippen molar-refractivity contribution >= 4 is 5.71 Å². The van der Waals surface area contributed by atoms with Crippen molar-refractivity contribution in [1.82, 2.24) is 15.0 Å². The summed E-state index contributed by atoms with van der Waals surface area (Å²) in [6.07, 6.45) is 1.62. The van der Waals surface area contributed by atoms with Crippen LogP contribution in [0, 0.1) is 13.8 Å². The summed E-state index contributed by atoms with van der Waals surface area (Å²) in [5, 5.41) is 4.17. The summed E-state index contributed by atoms with van der Waals surface area (Å²) in [5.41, 5.74) is 6.11. The van der Waals surface area contributed by atoms with Gasteiger partial charge in [-0.1, -0.05) is 17.3 Å². The third-order valence-electron chi connectivity index (χ3n) is 4.36. The molecule has 6 nitrogen and oxygen atoms in total. The van der Waals surface area contributed by atoms with Crippen molar-refractivity contribution in [2.75, 3.05) is 13.7 Å². The molecule has 0 spiro atoms. The van der Waals surface area contributed by atoms with Gasteiger partial charge in [-0.15, -0.1) is 0 Å². The average molecular weight is 390 g/mol. The number of pyridine rings is 3. The topological polar surface area (TPSA) is 69.5 Å². The minimum Gasteiger partial charge on any atom is -0.497 e. The Balaban J connectivity index is 1.56. The van der Waals surface area contributed by atoms with E-state index in [1.165, 1.54) is 0 Å². The first-order chi connectivity index (χ1) is 14.0. The summed E-state index contributed by atoms with van der Waals surface area (Å²) in [5.74, 6) is 0.782. The Morgan fingerprint density at radius 2 is 1.76 bits per heavy atom. The zero-order valence-corrected chi connectivity index (χ0v) is 17.3. The first-order valence-electron chi connectivity index (χ1n) is 9.65. The molecule has 0 bridgehead atoms. The second-order valence-corrected chi connectivity index (χ2v) is 6.83. The number of nitrogens with zero attached hydrogens (tertiary/aromatic N) is 4.